The third kappa shape index (κ3) is 4.61. The van der Waals surface area contributed by atoms with Gasteiger partial charge in [0.2, 0.25) is 0 Å². The molecule has 1 aromatic heterocycles. The smallest absolute Gasteiger partial charge is 0.339 e. The van der Waals surface area contributed by atoms with Gasteiger partial charge in [0, 0.05) is 17.6 Å². The number of fused-ring (bicyclic) bond motifs is 1. The van der Waals surface area contributed by atoms with Crippen molar-refractivity contribution in [2.45, 2.75) is 13.5 Å². The average Bonchev–Trinajstić information content (AvgIpc) is 2.69. The lowest BCUT2D eigenvalue weighted by Crippen LogP contribution is -2.28. The van der Waals surface area contributed by atoms with Crippen molar-refractivity contribution in [1.82, 2.24) is 10.3 Å². The summed E-state index contributed by atoms with van der Waals surface area (Å²) < 4.78 is 10.3. The molecule has 3 aromatic rings. The number of aromatic nitrogens is 1. The first kappa shape index (κ1) is 18.4. The molecule has 1 N–H and O–H groups in total. The highest BCUT2D eigenvalue weighted by Gasteiger charge is 2.14. The maximum absolute atomic E-state index is 12.4. The van der Waals surface area contributed by atoms with Crippen molar-refractivity contribution in [2.75, 3.05) is 13.7 Å². The summed E-state index contributed by atoms with van der Waals surface area (Å²) in [6, 6.07) is 16.4. The predicted molar refractivity (Wildman–Crippen MR) is 102 cm³/mol. The number of esters is 1. The second-order valence-electron chi connectivity index (χ2n) is 6.03. The van der Waals surface area contributed by atoms with Gasteiger partial charge in [-0.2, -0.15) is 0 Å². The molecular formula is C21H20N2O4. The molecular weight excluding hydrogens is 344 g/mol. The van der Waals surface area contributed by atoms with E-state index in [4.69, 9.17) is 9.47 Å². The van der Waals surface area contributed by atoms with Gasteiger partial charge in [-0.05, 0) is 36.8 Å². The van der Waals surface area contributed by atoms with Crippen molar-refractivity contribution < 1.29 is 19.1 Å². The number of amides is 1. The van der Waals surface area contributed by atoms with Crippen LogP contribution in [0.25, 0.3) is 10.9 Å². The molecule has 1 amide bonds. The normalized spacial score (nSPS) is 10.4. The van der Waals surface area contributed by atoms with Crippen LogP contribution in [0.1, 0.15) is 21.6 Å². The number of hydrogen-bond donors (Lipinski definition) is 1. The summed E-state index contributed by atoms with van der Waals surface area (Å²) in [4.78, 5) is 28.8. The summed E-state index contributed by atoms with van der Waals surface area (Å²) >= 11 is 0. The van der Waals surface area contributed by atoms with Gasteiger partial charge in [-0.3, -0.25) is 9.78 Å². The molecule has 3 rings (SSSR count). The van der Waals surface area contributed by atoms with E-state index in [1.54, 1.807) is 19.2 Å². The van der Waals surface area contributed by atoms with Crippen molar-refractivity contribution in [3.63, 3.8) is 0 Å². The van der Waals surface area contributed by atoms with Crippen molar-refractivity contribution in [3.8, 4) is 5.75 Å². The molecule has 6 nitrogen and oxygen atoms in total. The average molecular weight is 364 g/mol. The van der Waals surface area contributed by atoms with E-state index in [1.165, 1.54) is 0 Å². The Balaban J connectivity index is 1.60. The Bertz CT molecular complexity index is 985. The van der Waals surface area contributed by atoms with Crippen LogP contribution in [0.4, 0.5) is 0 Å². The third-order valence-electron chi connectivity index (χ3n) is 4.02. The second-order valence-corrected chi connectivity index (χ2v) is 6.03. The summed E-state index contributed by atoms with van der Waals surface area (Å²) in [6.45, 7) is 1.79. The predicted octanol–water partition coefficient (Wildman–Crippen LogP) is 3.03. The summed E-state index contributed by atoms with van der Waals surface area (Å²) in [5.41, 5.74) is 2.72. The van der Waals surface area contributed by atoms with Crippen LogP contribution in [0.5, 0.6) is 5.75 Å². The highest BCUT2D eigenvalue weighted by Crippen LogP contribution is 2.19. The van der Waals surface area contributed by atoms with Gasteiger partial charge < -0.3 is 14.8 Å². The monoisotopic (exact) mass is 364 g/mol. The Morgan fingerprint density at radius 1 is 1.07 bits per heavy atom. The van der Waals surface area contributed by atoms with E-state index in [9.17, 15) is 9.59 Å². The minimum atomic E-state index is -0.548. The van der Waals surface area contributed by atoms with Crippen LogP contribution in [0.15, 0.2) is 54.6 Å². The van der Waals surface area contributed by atoms with Crippen LogP contribution < -0.4 is 10.1 Å². The molecule has 0 aliphatic carbocycles. The van der Waals surface area contributed by atoms with Gasteiger partial charge in [-0.1, -0.05) is 30.3 Å². The number of aryl methyl sites for hydroxylation is 1. The number of rotatable bonds is 6. The van der Waals surface area contributed by atoms with Gasteiger partial charge in [0.05, 0.1) is 18.2 Å². The van der Waals surface area contributed by atoms with Crippen LogP contribution in [-0.2, 0) is 16.1 Å². The number of nitrogens with zero attached hydrogens (tertiary/aromatic N) is 1. The molecule has 1 heterocycles. The van der Waals surface area contributed by atoms with Crippen molar-refractivity contribution in [2.24, 2.45) is 0 Å². The quantitative estimate of drug-likeness (QED) is 0.680. The summed E-state index contributed by atoms with van der Waals surface area (Å²) in [5, 5.41) is 3.42. The number of nitrogens with one attached hydrogen (secondary N) is 1. The van der Waals surface area contributed by atoms with Crippen LogP contribution in [0.2, 0.25) is 0 Å². The Morgan fingerprint density at radius 2 is 1.89 bits per heavy atom. The van der Waals surface area contributed by atoms with E-state index in [-0.39, 0.29) is 12.5 Å². The Morgan fingerprint density at radius 3 is 2.70 bits per heavy atom. The molecule has 0 atom stereocenters. The second kappa shape index (κ2) is 8.31. The molecule has 0 fully saturated rings. The fourth-order valence-electron chi connectivity index (χ4n) is 2.72. The van der Waals surface area contributed by atoms with Gasteiger partial charge in [-0.25, -0.2) is 4.79 Å². The topological polar surface area (TPSA) is 77.5 Å². The molecule has 27 heavy (non-hydrogen) atoms. The highest BCUT2D eigenvalue weighted by molar-refractivity contribution is 6.04. The van der Waals surface area contributed by atoms with Crippen LogP contribution >= 0.6 is 0 Å². The van der Waals surface area contributed by atoms with Gasteiger partial charge >= 0.3 is 5.97 Å². The lowest BCUT2D eigenvalue weighted by atomic mass is 10.1. The van der Waals surface area contributed by atoms with E-state index >= 15 is 0 Å². The van der Waals surface area contributed by atoms with Gasteiger partial charge in [0.1, 0.15) is 5.75 Å². The zero-order chi connectivity index (χ0) is 19.2. The largest absolute Gasteiger partial charge is 0.497 e. The van der Waals surface area contributed by atoms with Crippen molar-refractivity contribution >= 4 is 22.8 Å². The molecule has 138 valence electrons. The lowest BCUT2D eigenvalue weighted by Gasteiger charge is -2.09. The van der Waals surface area contributed by atoms with E-state index < -0.39 is 5.97 Å². The third-order valence-corrected chi connectivity index (χ3v) is 4.02. The Kier molecular flexibility index (Phi) is 5.66. The minimum Gasteiger partial charge on any atom is -0.497 e. The molecule has 6 heteroatoms. The van der Waals surface area contributed by atoms with E-state index in [0.29, 0.717) is 34.5 Å². The SMILES string of the molecule is COc1cccc(CNC(=O)COC(=O)c2cc(C)nc3ccccc23)c1. The molecule has 0 radical (unpaired) electrons. The molecule has 0 unspecified atom stereocenters. The van der Waals surface area contributed by atoms with E-state index in [2.05, 4.69) is 10.3 Å². The first-order chi connectivity index (χ1) is 13.1. The van der Waals surface area contributed by atoms with E-state index in [0.717, 1.165) is 5.56 Å². The van der Waals surface area contributed by atoms with Crippen LogP contribution in [-0.4, -0.2) is 30.6 Å². The molecule has 0 aliphatic heterocycles. The molecule has 2 aromatic carbocycles. The number of benzene rings is 2. The number of ether oxygens (including phenoxy) is 2. The first-order valence-corrected chi connectivity index (χ1v) is 8.50. The number of methoxy groups -OCH3 is 1. The molecule has 0 spiro atoms. The number of para-hydroxylation sites is 1. The van der Waals surface area contributed by atoms with Crippen molar-refractivity contribution in [1.29, 1.82) is 0 Å². The summed E-state index contributed by atoms with van der Waals surface area (Å²) in [6.07, 6.45) is 0. The maximum Gasteiger partial charge on any atom is 0.339 e. The number of carbonyl (C=O) groups is 2. The molecule has 0 bridgehead atoms. The number of carbonyl (C=O) groups excluding carboxylic acids is 2. The molecule has 0 saturated heterocycles. The Hall–Kier alpha value is -3.41. The van der Waals surface area contributed by atoms with Gasteiger partial charge in [-0.15, -0.1) is 0 Å². The fourth-order valence-corrected chi connectivity index (χ4v) is 2.72. The van der Waals surface area contributed by atoms with Gasteiger partial charge in [0.25, 0.3) is 5.91 Å². The summed E-state index contributed by atoms with van der Waals surface area (Å²) in [5.74, 6) is -0.206. The van der Waals surface area contributed by atoms with Crippen molar-refractivity contribution in [3.05, 3.63) is 71.4 Å². The minimum absolute atomic E-state index is 0.324. The summed E-state index contributed by atoms with van der Waals surface area (Å²) in [7, 11) is 1.58. The highest BCUT2D eigenvalue weighted by atomic mass is 16.5. The maximum atomic E-state index is 12.4. The van der Waals surface area contributed by atoms with E-state index in [1.807, 2.05) is 49.4 Å². The molecule has 0 aliphatic rings. The lowest BCUT2D eigenvalue weighted by molar-refractivity contribution is -0.124. The molecule has 0 saturated carbocycles. The van der Waals surface area contributed by atoms with Gasteiger partial charge in [0.15, 0.2) is 6.61 Å². The zero-order valence-electron chi connectivity index (χ0n) is 15.2. The Labute approximate surface area is 157 Å². The number of hydrogen-bond acceptors (Lipinski definition) is 5. The van der Waals surface area contributed by atoms with Crippen LogP contribution in [0.3, 0.4) is 0 Å². The number of pyridine rings is 1. The standard InChI is InChI=1S/C21H20N2O4/c1-14-10-18(17-8-3-4-9-19(17)23-14)21(25)27-13-20(24)22-12-15-6-5-7-16(11-15)26-2/h3-11H,12-13H2,1-2H3,(H,22,24). The van der Waals surface area contributed by atoms with Crippen LogP contribution in [0, 0.1) is 6.92 Å². The zero-order valence-corrected chi connectivity index (χ0v) is 15.2. The fraction of sp³-hybridized carbons (Fsp3) is 0.190. The first-order valence-electron chi connectivity index (χ1n) is 8.50.